The molecule has 0 aliphatic carbocycles. The molecule has 0 radical (unpaired) electrons. The summed E-state index contributed by atoms with van der Waals surface area (Å²) in [4.78, 5) is 0. The normalized spacial score (nSPS) is 12.0. The van der Waals surface area contributed by atoms with E-state index >= 15 is 0 Å². The van der Waals surface area contributed by atoms with Crippen LogP contribution in [-0.4, -0.2) is 34.4 Å². The quantitative estimate of drug-likeness (QED) is 0.327. The Hall–Kier alpha value is -3.24. The Kier molecular flexibility index (Phi) is 9.60. The van der Waals surface area contributed by atoms with E-state index in [-0.39, 0.29) is 0 Å². The Morgan fingerprint density at radius 2 is 1.47 bits per heavy atom. The van der Waals surface area contributed by atoms with E-state index in [0.29, 0.717) is 6.04 Å². The Bertz CT molecular complexity index is 1080. The molecule has 0 saturated carbocycles. The zero-order valence-corrected chi connectivity index (χ0v) is 21.1. The number of benzene rings is 3. The van der Waals surface area contributed by atoms with Crippen LogP contribution in [0.1, 0.15) is 41.2 Å². The van der Waals surface area contributed by atoms with Gasteiger partial charge >= 0.3 is 0 Å². The third-order valence-corrected chi connectivity index (χ3v) is 6.27. The average Bonchev–Trinajstić information content (AvgIpc) is 2.89. The molecule has 0 spiro atoms. The first-order valence-corrected chi connectivity index (χ1v) is 11.9. The van der Waals surface area contributed by atoms with Gasteiger partial charge < -0.3 is 19.5 Å². The van der Waals surface area contributed by atoms with Gasteiger partial charge in [-0.05, 0) is 91.7 Å². The molecule has 0 saturated heterocycles. The molecule has 3 aromatic carbocycles. The zero-order valence-electron chi connectivity index (χ0n) is 21.1. The molecule has 1 atom stereocenters. The maximum Gasteiger partial charge on any atom is 0.160 e. The van der Waals surface area contributed by atoms with E-state index in [1.807, 2.05) is 19.2 Å². The molecule has 0 fully saturated rings. The van der Waals surface area contributed by atoms with E-state index in [1.165, 1.54) is 27.8 Å². The van der Waals surface area contributed by atoms with Crippen molar-refractivity contribution in [2.45, 2.75) is 38.6 Å². The van der Waals surface area contributed by atoms with Gasteiger partial charge in [-0.25, -0.2) is 0 Å². The number of nitrogens with one attached hydrogen (secondary N) is 1. The summed E-state index contributed by atoms with van der Waals surface area (Å²) in [6.45, 7) is 2.22. The fourth-order valence-electron chi connectivity index (χ4n) is 4.07. The van der Waals surface area contributed by atoms with E-state index in [4.69, 9.17) is 14.2 Å². The first-order chi connectivity index (χ1) is 16.6. The van der Waals surface area contributed by atoms with Gasteiger partial charge in [0.25, 0.3) is 0 Å². The smallest absolute Gasteiger partial charge is 0.160 e. The first-order valence-electron chi connectivity index (χ1n) is 11.9. The van der Waals surface area contributed by atoms with Crippen LogP contribution in [0.25, 0.3) is 12.2 Å². The van der Waals surface area contributed by atoms with Crippen molar-refractivity contribution in [1.29, 1.82) is 0 Å². The second-order valence-electron chi connectivity index (χ2n) is 8.52. The first kappa shape index (κ1) is 25.4. The molecule has 0 aliphatic heterocycles. The van der Waals surface area contributed by atoms with Gasteiger partial charge in [0.1, 0.15) is 5.75 Å². The number of ether oxygens (including phenoxy) is 3. The highest BCUT2D eigenvalue weighted by Crippen LogP contribution is 2.30. The fraction of sp³-hybridized carbons (Fsp3) is 0.333. The van der Waals surface area contributed by atoms with Gasteiger partial charge in [-0.2, -0.15) is 0 Å². The molecule has 0 amide bonds. The highest BCUT2D eigenvalue weighted by atomic mass is 16.5. The number of hydrogen-bond acceptors (Lipinski definition) is 4. The van der Waals surface area contributed by atoms with Crippen molar-refractivity contribution in [3.05, 3.63) is 88.5 Å². The molecule has 4 nitrogen and oxygen atoms in total. The molecule has 34 heavy (non-hydrogen) atoms. The SMILES string of the molecule is CNC(C)CCc1cc(OC)cc(CCc2ccc(OC)c(OC)c2)c1/C=C\c1ccccc1. The zero-order chi connectivity index (χ0) is 24.3. The van der Waals surface area contributed by atoms with Crippen LogP contribution in [0.3, 0.4) is 0 Å². The number of methoxy groups -OCH3 is 3. The average molecular weight is 460 g/mol. The van der Waals surface area contributed by atoms with Gasteiger partial charge in [-0.15, -0.1) is 0 Å². The van der Waals surface area contributed by atoms with Gasteiger partial charge in [0.2, 0.25) is 0 Å². The van der Waals surface area contributed by atoms with Crippen molar-refractivity contribution in [3.63, 3.8) is 0 Å². The maximum absolute atomic E-state index is 5.69. The van der Waals surface area contributed by atoms with E-state index in [9.17, 15) is 0 Å². The Labute approximate surface area is 204 Å². The van der Waals surface area contributed by atoms with Crippen molar-refractivity contribution in [2.24, 2.45) is 0 Å². The second-order valence-corrected chi connectivity index (χ2v) is 8.52. The lowest BCUT2D eigenvalue weighted by Crippen LogP contribution is -2.21. The predicted molar refractivity (Wildman–Crippen MR) is 142 cm³/mol. The van der Waals surface area contributed by atoms with E-state index in [1.54, 1.807) is 21.3 Å². The third-order valence-electron chi connectivity index (χ3n) is 6.27. The maximum atomic E-state index is 5.69. The van der Waals surface area contributed by atoms with Crippen LogP contribution in [-0.2, 0) is 19.3 Å². The van der Waals surface area contributed by atoms with Crippen LogP contribution in [0.4, 0.5) is 0 Å². The minimum Gasteiger partial charge on any atom is -0.497 e. The summed E-state index contributed by atoms with van der Waals surface area (Å²) in [5.41, 5.74) is 6.29. The van der Waals surface area contributed by atoms with Crippen LogP contribution in [0, 0.1) is 0 Å². The van der Waals surface area contributed by atoms with Crippen molar-refractivity contribution >= 4 is 12.2 Å². The lowest BCUT2D eigenvalue weighted by Gasteiger charge is -2.17. The monoisotopic (exact) mass is 459 g/mol. The summed E-state index contributed by atoms with van der Waals surface area (Å²) in [6.07, 6.45) is 8.30. The van der Waals surface area contributed by atoms with Crippen LogP contribution in [0.5, 0.6) is 17.2 Å². The molecule has 3 rings (SSSR count). The summed E-state index contributed by atoms with van der Waals surface area (Å²) < 4.78 is 16.6. The Balaban J connectivity index is 1.95. The summed E-state index contributed by atoms with van der Waals surface area (Å²) >= 11 is 0. The van der Waals surface area contributed by atoms with Crippen LogP contribution < -0.4 is 19.5 Å². The summed E-state index contributed by atoms with van der Waals surface area (Å²) in [5.74, 6) is 2.42. The van der Waals surface area contributed by atoms with Crippen LogP contribution in [0.15, 0.2) is 60.7 Å². The van der Waals surface area contributed by atoms with Gasteiger partial charge in [0.15, 0.2) is 11.5 Å². The lowest BCUT2D eigenvalue weighted by atomic mass is 9.91. The minimum absolute atomic E-state index is 0.451. The molecule has 3 aromatic rings. The minimum atomic E-state index is 0.451. The lowest BCUT2D eigenvalue weighted by molar-refractivity contribution is 0.354. The molecule has 0 aromatic heterocycles. The predicted octanol–water partition coefficient (Wildman–Crippen LogP) is 6.21. The van der Waals surface area contributed by atoms with Gasteiger partial charge in [-0.3, -0.25) is 0 Å². The Morgan fingerprint density at radius 1 is 0.765 bits per heavy atom. The fourth-order valence-corrected chi connectivity index (χ4v) is 4.07. The summed E-state index contributed by atoms with van der Waals surface area (Å²) in [6, 6.07) is 21.4. The van der Waals surface area contributed by atoms with Crippen molar-refractivity contribution in [2.75, 3.05) is 28.4 Å². The molecule has 4 heteroatoms. The molecule has 0 aliphatic rings. The second kappa shape index (κ2) is 12.9. The van der Waals surface area contributed by atoms with Gasteiger partial charge in [0, 0.05) is 6.04 Å². The molecule has 0 heterocycles. The summed E-state index contributed by atoms with van der Waals surface area (Å²) in [7, 11) is 7.10. The van der Waals surface area contributed by atoms with Crippen molar-refractivity contribution in [1.82, 2.24) is 5.32 Å². The van der Waals surface area contributed by atoms with E-state index in [2.05, 4.69) is 72.9 Å². The topological polar surface area (TPSA) is 39.7 Å². The highest BCUT2D eigenvalue weighted by molar-refractivity contribution is 5.73. The van der Waals surface area contributed by atoms with E-state index in [0.717, 1.165) is 42.9 Å². The van der Waals surface area contributed by atoms with Crippen LogP contribution in [0.2, 0.25) is 0 Å². The van der Waals surface area contributed by atoms with Crippen molar-refractivity contribution in [3.8, 4) is 17.2 Å². The Morgan fingerprint density at radius 3 is 2.12 bits per heavy atom. The highest BCUT2D eigenvalue weighted by Gasteiger charge is 2.12. The molecular weight excluding hydrogens is 422 g/mol. The molecule has 0 bridgehead atoms. The molecule has 1 N–H and O–H groups in total. The molecule has 1 unspecified atom stereocenters. The third kappa shape index (κ3) is 6.88. The summed E-state index contributed by atoms with van der Waals surface area (Å²) in [5, 5.41) is 3.35. The number of hydrogen-bond donors (Lipinski definition) is 1. The standard InChI is InChI=1S/C30H37NO3/c1-22(31-2)11-15-25-20-27(32-3)21-26(28(25)17-13-23-9-7-6-8-10-23)16-12-24-14-18-29(33-4)30(19-24)34-5/h6-10,13-14,17-22,31H,11-12,15-16H2,1-5H3/b17-13-. The number of aryl methyl sites for hydroxylation is 3. The number of rotatable bonds is 12. The van der Waals surface area contributed by atoms with Crippen LogP contribution >= 0.6 is 0 Å². The molecule has 180 valence electrons. The van der Waals surface area contributed by atoms with Gasteiger partial charge in [0.05, 0.1) is 21.3 Å². The van der Waals surface area contributed by atoms with E-state index < -0.39 is 0 Å². The largest absolute Gasteiger partial charge is 0.497 e. The van der Waals surface area contributed by atoms with Gasteiger partial charge in [-0.1, -0.05) is 48.6 Å². The molecular formula is C30H37NO3. The van der Waals surface area contributed by atoms with Crippen molar-refractivity contribution < 1.29 is 14.2 Å².